The van der Waals surface area contributed by atoms with Gasteiger partial charge >= 0.3 is 0 Å². The van der Waals surface area contributed by atoms with Crippen molar-refractivity contribution in [1.29, 1.82) is 0 Å². The van der Waals surface area contributed by atoms with Gasteiger partial charge in [0.1, 0.15) is 5.75 Å². The molecule has 6 nitrogen and oxygen atoms in total. The molecule has 1 aliphatic rings. The highest BCUT2D eigenvalue weighted by Gasteiger charge is 2.28. The molecule has 1 aromatic heterocycles. The predicted molar refractivity (Wildman–Crippen MR) is 101 cm³/mol. The fourth-order valence-corrected chi connectivity index (χ4v) is 3.48. The van der Waals surface area contributed by atoms with Crippen molar-refractivity contribution < 1.29 is 22.8 Å². The van der Waals surface area contributed by atoms with Crippen LogP contribution in [0.3, 0.4) is 0 Å². The summed E-state index contributed by atoms with van der Waals surface area (Å²) in [6.45, 7) is 0.946. The molecule has 0 bridgehead atoms. The fourth-order valence-electron chi connectivity index (χ4n) is 3.48. The van der Waals surface area contributed by atoms with Crippen LogP contribution in [0.4, 0.5) is 8.78 Å². The van der Waals surface area contributed by atoms with E-state index in [-0.39, 0.29) is 17.4 Å². The van der Waals surface area contributed by atoms with Gasteiger partial charge in [-0.05, 0) is 43.2 Å². The molecule has 2 heterocycles. The monoisotopic (exact) mass is 399 g/mol. The Morgan fingerprint density at radius 2 is 1.90 bits per heavy atom. The van der Waals surface area contributed by atoms with Gasteiger partial charge in [-0.2, -0.15) is 4.98 Å². The predicted octanol–water partition coefficient (Wildman–Crippen LogP) is 4.04. The number of hydrogen-bond donors (Lipinski definition) is 0. The number of para-hydroxylation sites is 1. The van der Waals surface area contributed by atoms with Gasteiger partial charge in [0.25, 0.3) is 11.8 Å². The highest BCUT2D eigenvalue weighted by molar-refractivity contribution is 5.94. The standard InChI is InChI=1S/C21H19F2N3O3/c1-28-18-5-3-2-4-15(18)20-24-19(25-29-20)13-8-10-26(11-9-13)21(27)14-6-7-16(22)17(23)12-14/h2-7,12-13H,8-11H2,1H3. The zero-order valence-electron chi connectivity index (χ0n) is 15.8. The number of benzene rings is 2. The summed E-state index contributed by atoms with van der Waals surface area (Å²) in [6, 6.07) is 10.6. The first-order valence-electron chi connectivity index (χ1n) is 9.28. The van der Waals surface area contributed by atoms with Crippen molar-refractivity contribution in [1.82, 2.24) is 15.0 Å². The minimum absolute atomic E-state index is 0.0520. The molecule has 0 radical (unpaired) electrons. The third kappa shape index (κ3) is 3.83. The molecule has 3 aromatic rings. The molecular formula is C21H19F2N3O3. The number of rotatable bonds is 4. The fraction of sp³-hybridized carbons (Fsp3) is 0.286. The summed E-state index contributed by atoms with van der Waals surface area (Å²) in [5.41, 5.74) is 0.861. The van der Waals surface area contributed by atoms with Gasteiger partial charge in [-0.25, -0.2) is 8.78 Å². The molecule has 150 valence electrons. The molecule has 2 aromatic carbocycles. The number of ether oxygens (including phenoxy) is 1. The molecule has 1 saturated heterocycles. The topological polar surface area (TPSA) is 68.5 Å². The lowest BCUT2D eigenvalue weighted by Crippen LogP contribution is -2.38. The highest BCUT2D eigenvalue weighted by Crippen LogP contribution is 2.32. The molecule has 0 spiro atoms. The quantitative estimate of drug-likeness (QED) is 0.662. The van der Waals surface area contributed by atoms with Crippen LogP contribution in [-0.2, 0) is 0 Å². The number of hydrogen-bond acceptors (Lipinski definition) is 5. The Hall–Kier alpha value is -3.29. The van der Waals surface area contributed by atoms with E-state index >= 15 is 0 Å². The molecule has 8 heteroatoms. The molecule has 0 aliphatic carbocycles. The van der Waals surface area contributed by atoms with Crippen molar-refractivity contribution in [2.24, 2.45) is 0 Å². The maximum absolute atomic E-state index is 13.4. The normalized spacial score (nSPS) is 14.8. The summed E-state index contributed by atoms with van der Waals surface area (Å²) < 4.78 is 37.2. The van der Waals surface area contributed by atoms with Crippen molar-refractivity contribution in [2.45, 2.75) is 18.8 Å². The number of nitrogens with zero attached hydrogens (tertiary/aromatic N) is 3. The zero-order valence-corrected chi connectivity index (χ0v) is 15.8. The molecule has 0 atom stereocenters. The lowest BCUT2D eigenvalue weighted by molar-refractivity contribution is 0.0710. The number of carbonyl (C=O) groups is 1. The summed E-state index contributed by atoms with van der Waals surface area (Å²) in [6.07, 6.45) is 1.31. The third-order valence-corrected chi connectivity index (χ3v) is 5.09. The van der Waals surface area contributed by atoms with Crippen LogP contribution in [-0.4, -0.2) is 41.1 Å². The van der Waals surface area contributed by atoms with Crippen molar-refractivity contribution in [3.05, 3.63) is 65.5 Å². The van der Waals surface area contributed by atoms with Crippen LogP contribution in [0.1, 0.15) is 34.9 Å². The van der Waals surface area contributed by atoms with E-state index in [0.29, 0.717) is 43.4 Å². The number of piperidine rings is 1. The first kappa shape index (κ1) is 19.0. The molecule has 0 unspecified atom stereocenters. The summed E-state index contributed by atoms with van der Waals surface area (Å²) in [4.78, 5) is 18.7. The van der Waals surface area contributed by atoms with E-state index in [9.17, 15) is 13.6 Å². The van der Waals surface area contributed by atoms with Crippen molar-refractivity contribution in [3.8, 4) is 17.2 Å². The Balaban J connectivity index is 1.43. The number of amides is 1. The second-order valence-electron chi connectivity index (χ2n) is 6.85. The Labute approximate surface area is 166 Å². The van der Waals surface area contributed by atoms with Crippen molar-refractivity contribution in [3.63, 3.8) is 0 Å². The van der Waals surface area contributed by atoms with Gasteiger partial charge < -0.3 is 14.2 Å². The number of halogens is 2. The van der Waals surface area contributed by atoms with E-state index < -0.39 is 11.6 Å². The zero-order chi connectivity index (χ0) is 20.4. The minimum Gasteiger partial charge on any atom is -0.496 e. The van der Waals surface area contributed by atoms with E-state index in [1.807, 2.05) is 24.3 Å². The minimum atomic E-state index is -1.03. The Kier molecular flexibility index (Phi) is 5.24. The molecule has 0 saturated carbocycles. The van der Waals surface area contributed by atoms with Gasteiger partial charge in [0.2, 0.25) is 0 Å². The second-order valence-corrected chi connectivity index (χ2v) is 6.85. The maximum Gasteiger partial charge on any atom is 0.261 e. The first-order valence-corrected chi connectivity index (χ1v) is 9.28. The molecule has 1 amide bonds. The van der Waals surface area contributed by atoms with Gasteiger partial charge in [-0.15, -0.1) is 0 Å². The van der Waals surface area contributed by atoms with E-state index in [2.05, 4.69) is 10.1 Å². The lowest BCUT2D eigenvalue weighted by atomic mass is 9.95. The number of aromatic nitrogens is 2. The first-order chi connectivity index (χ1) is 14.1. The van der Waals surface area contributed by atoms with Crippen LogP contribution in [0.5, 0.6) is 5.75 Å². The molecule has 1 aliphatic heterocycles. The summed E-state index contributed by atoms with van der Waals surface area (Å²) in [5, 5.41) is 4.10. The second kappa shape index (κ2) is 7.98. The van der Waals surface area contributed by atoms with Crippen LogP contribution in [0.2, 0.25) is 0 Å². The maximum atomic E-state index is 13.4. The average Bonchev–Trinajstić information content (AvgIpc) is 3.25. The van der Waals surface area contributed by atoms with Gasteiger partial charge in [0.05, 0.1) is 12.7 Å². The summed E-state index contributed by atoms with van der Waals surface area (Å²) in [7, 11) is 1.58. The number of methoxy groups -OCH3 is 1. The van der Waals surface area contributed by atoms with Gasteiger partial charge in [-0.3, -0.25) is 4.79 Å². The van der Waals surface area contributed by atoms with Gasteiger partial charge in [0, 0.05) is 24.6 Å². The van der Waals surface area contributed by atoms with E-state index in [1.165, 1.54) is 6.07 Å². The van der Waals surface area contributed by atoms with Crippen LogP contribution in [0, 0.1) is 11.6 Å². The van der Waals surface area contributed by atoms with Crippen LogP contribution in [0.15, 0.2) is 47.0 Å². The number of likely N-dealkylation sites (tertiary alicyclic amines) is 1. The van der Waals surface area contributed by atoms with Crippen molar-refractivity contribution in [2.75, 3.05) is 20.2 Å². The van der Waals surface area contributed by atoms with E-state index in [0.717, 1.165) is 17.7 Å². The van der Waals surface area contributed by atoms with Crippen LogP contribution < -0.4 is 4.74 Å². The van der Waals surface area contributed by atoms with Crippen LogP contribution >= 0.6 is 0 Å². The lowest BCUT2D eigenvalue weighted by Gasteiger charge is -2.30. The largest absolute Gasteiger partial charge is 0.496 e. The summed E-state index contributed by atoms with van der Waals surface area (Å²) >= 11 is 0. The smallest absolute Gasteiger partial charge is 0.261 e. The summed E-state index contributed by atoms with van der Waals surface area (Å²) in [5.74, 6) is -0.635. The molecule has 0 N–H and O–H groups in total. The van der Waals surface area contributed by atoms with Gasteiger partial charge in [-0.1, -0.05) is 17.3 Å². The Bertz CT molecular complexity index is 1030. The SMILES string of the molecule is COc1ccccc1-c1nc(C2CCN(C(=O)c3ccc(F)c(F)c3)CC2)no1. The molecule has 29 heavy (non-hydrogen) atoms. The molecule has 4 rings (SSSR count). The Morgan fingerprint density at radius 3 is 2.62 bits per heavy atom. The highest BCUT2D eigenvalue weighted by atomic mass is 19.2. The third-order valence-electron chi connectivity index (χ3n) is 5.09. The van der Waals surface area contributed by atoms with Crippen LogP contribution in [0.25, 0.3) is 11.5 Å². The molecular weight excluding hydrogens is 380 g/mol. The van der Waals surface area contributed by atoms with E-state index in [1.54, 1.807) is 12.0 Å². The van der Waals surface area contributed by atoms with E-state index in [4.69, 9.17) is 9.26 Å². The Morgan fingerprint density at radius 1 is 1.14 bits per heavy atom. The van der Waals surface area contributed by atoms with Crippen molar-refractivity contribution >= 4 is 5.91 Å². The number of carbonyl (C=O) groups excluding carboxylic acids is 1. The average molecular weight is 399 g/mol. The van der Waals surface area contributed by atoms with Gasteiger partial charge in [0.15, 0.2) is 17.5 Å². The molecule has 1 fully saturated rings.